The number of nitrogens with one attached hydrogen (secondary N) is 2. The summed E-state index contributed by atoms with van der Waals surface area (Å²) in [5.74, 6) is 0.124. The molecule has 9 nitrogen and oxygen atoms in total. The molecule has 0 radical (unpaired) electrons. The zero-order valence-electron chi connectivity index (χ0n) is 15.1. The van der Waals surface area contributed by atoms with Gasteiger partial charge in [-0.15, -0.1) is 0 Å². The molecule has 0 aliphatic rings. The van der Waals surface area contributed by atoms with Crippen molar-refractivity contribution in [1.29, 1.82) is 0 Å². The smallest absolute Gasteiger partial charge is 0.298 e. The first kappa shape index (κ1) is 18.6. The SMILES string of the molecule is CCOc1ccc(NS(=O)(=O)c2cc(C(=O)n3nc(C)cc3C)n[nH]2)cc1. The number of benzene rings is 1. The largest absolute Gasteiger partial charge is 0.494 e. The molecule has 0 fully saturated rings. The molecule has 0 atom stereocenters. The molecule has 10 heteroatoms. The van der Waals surface area contributed by atoms with E-state index < -0.39 is 15.9 Å². The molecule has 142 valence electrons. The van der Waals surface area contributed by atoms with E-state index in [4.69, 9.17) is 4.74 Å². The van der Waals surface area contributed by atoms with Gasteiger partial charge in [0.1, 0.15) is 5.75 Å². The minimum atomic E-state index is -3.93. The minimum absolute atomic E-state index is 0.0479. The maximum absolute atomic E-state index is 12.5. The van der Waals surface area contributed by atoms with Crippen LogP contribution in [0.3, 0.4) is 0 Å². The lowest BCUT2D eigenvalue weighted by atomic mass is 10.3. The van der Waals surface area contributed by atoms with Crippen molar-refractivity contribution in [1.82, 2.24) is 20.0 Å². The van der Waals surface area contributed by atoms with Crippen molar-refractivity contribution in [2.75, 3.05) is 11.3 Å². The highest BCUT2D eigenvalue weighted by Gasteiger charge is 2.22. The Balaban J connectivity index is 1.80. The molecule has 0 aliphatic carbocycles. The molecule has 2 N–H and O–H groups in total. The highest BCUT2D eigenvalue weighted by Crippen LogP contribution is 2.19. The van der Waals surface area contributed by atoms with Crippen molar-refractivity contribution in [3.63, 3.8) is 0 Å². The summed E-state index contributed by atoms with van der Waals surface area (Å²) in [5, 5.41) is 10.1. The van der Waals surface area contributed by atoms with Crippen LogP contribution in [-0.2, 0) is 10.0 Å². The Morgan fingerprint density at radius 2 is 1.93 bits per heavy atom. The van der Waals surface area contributed by atoms with E-state index in [1.54, 1.807) is 44.2 Å². The van der Waals surface area contributed by atoms with Gasteiger partial charge in [0.2, 0.25) is 0 Å². The number of aryl methyl sites for hydroxylation is 2. The molecule has 0 bridgehead atoms. The van der Waals surface area contributed by atoms with Crippen molar-refractivity contribution in [3.8, 4) is 5.75 Å². The molecule has 0 amide bonds. The predicted molar refractivity (Wildman–Crippen MR) is 98.4 cm³/mol. The summed E-state index contributed by atoms with van der Waals surface area (Å²) in [4.78, 5) is 12.5. The third kappa shape index (κ3) is 4.00. The van der Waals surface area contributed by atoms with Gasteiger partial charge in [0.25, 0.3) is 15.9 Å². The molecular formula is C17H19N5O4S. The van der Waals surface area contributed by atoms with Gasteiger partial charge in [-0.05, 0) is 51.1 Å². The quantitative estimate of drug-likeness (QED) is 0.666. The molecule has 2 aromatic heterocycles. The predicted octanol–water partition coefficient (Wildman–Crippen LogP) is 2.11. The number of H-pyrrole nitrogens is 1. The first-order valence-corrected chi connectivity index (χ1v) is 9.67. The summed E-state index contributed by atoms with van der Waals surface area (Å²) >= 11 is 0. The monoisotopic (exact) mass is 389 g/mol. The zero-order valence-corrected chi connectivity index (χ0v) is 15.9. The van der Waals surface area contributed by atoms with E-state index in [2.05, 4.69) is 20.0 Å². The molecule has 2 heterocycles. The first-order chi connectivity index (χ1) is 12.8. The Morgan fingerprint density at radius 3 is 2.52 bits per heavy atom. The third-order valence-electron chi connectivity index (χ3n) is 3.68. The lowest BCUT2D eigenvalue weighted by Gasteiger charge is -2.07. The van der Waals surface area contributed by atoms with Crippen LogP contribution in [0.5, 0.6) is 5.75 Å². The fraction of sp³-hybridized carbons (Fsp3) is 0.235. The van der Waals surface area contributed by atoms with Crippen molar-refractivity contribution in [2.45, 2.75) is 25.8 Å². The summed E-state index contributed by atoms with van der Waals surface area (Å²) in [5.41, 5.74) is 1.63. The number of anilines is 1. The van der Waals surface area contributed by atoms with E-state index in [1.165, 1.54) is 10.7 Å². The van der Waals surface area contributed by atoms with Crippen LogP contribution >= 0.6 is 0 Å². The number of carbonyl (C=O) groups excluding carboxylic acids is 1. The first-order valence-electron chi connectivity index (χ1n) is 8.19. The lowest BCUT2D eigenvalue weighted by Crippen LogP contribution is -2.16. The van der Waals surface area contributed by atoms with Crippen LogP contribution in [0.1, 0.15) is 28.8 Å². The maximum atomic E-state index is 12.5. The number of ether oxygens (including phenoxy) is 1. The fourth-order valence-corrected chi connectivity index (χ4v) is 3.48. The highest BCUT2D eigenvalue weighted by molar-refractivity contribution is 7.92. The topological polar surface area (TPSA) is 119 Å². The fourth-order valence-electron chi connectivity index (χ4n) is 2.49. The Kier molecular flexibility index (Phi) is 5.00. The summed E-state index contributed by atoms with van der Waals surface area (Å²) in [6.45, 7) is 5.87. The van der Waals surface area contributed by atoms with Gasteiger partial charge < -0.3 is 4.74 Å². The molecule has 1 aromatic carbocycles. The number of carbonyl (C=O) groups is 1. The standard InChI is InChI=1S/C17H19N5O4S/c1-4-26-14-7-5-13(6-8-14)21-27(24,25)16-10-15(18-19-16)17(23)22-12(3)9-11(2)20-22/h5-10,21H,4H2,1-3H3,(H,18,19). The molecular weight excluding hydrogens is 370 g/mol. The molecule has 0 aliphatic heterocycles. The highest BCUT2D eigenvalue weighted by atomic mass is 32.2. The maximum Gasteiger partial charge on any atom is 0.298 e. The molecule has 3 rings (SSSR count). The summed E-state index contributed by atoms with van der Waals surface area (Å²) in [6, 6.07) is 9.41. The van der Waals surface area contributed by atoms with E-state index in [-0.39, 0.29) is 10.7 Å². The Bertz CT molecular complexity index is 1070. The number of rotatable bonds is 6. The van der Waals surface area contributed by atoms with Gasteiger partial charge >= 0.3 is 0 Å². The van der Waals surface area contributed by atoms with E-state index in [1.807, 2.05) is 6.92 Å². The van der Waals surface area contributed by atoms with Gasteiger partial charge in [0.05, 0.1) is 12.3 Å². The van der Waals surface area contributed by atoms with Gasteiger partial charge in [-0.3, -0.25) is 14.6 Å². The van der Waals surface area contributed by atoms with Gasteiger partial charge in [0.15, 0.2) is 10.7 Å². The summed E-state index contributed by atoms with van der Waals surface area (Å²) in [6.07, 6.45) is 0. The molecule has 0 spiro atoms. The van der Waals surface area contributed by atoms with E-state index >= 15 is 0 Å². The van der Waals surface area contributed by atoms with Crippen LogP contribution in [0, 0.1) is 13.8 Å². The van der Waals surface area contributed by atoms with Gasteiger partial charge in [-0.1, -0.05) is 0 Å². The van der Waals surface area contributed by atoms with Crippen LogP contribution in [0.15, 0.2) is 41.4 Å². The van der Waals surface area contributed by atoms with Crippen LogP contribution in [0.4, 0.5) is 5.69 Å². The molecule has 0 unspecified atom stereocenters. The number of sulfonamides is 1. The van der Waals surface area contributed by atoms with Crippen LogP contribution in [0.2, 0.25) is 0 Å². The average Bonchev–Trinajstić information content (AvgIpc) is 3.23. The number of hydrogen-bond donors (Lipinski definition) is 2. The van der Waals surface area contributed by atoms with Gasteiger partial charge in [-0.2, -0.15) is 23.3 Å². The molecule has 27 heavy (non-hydrogen) atoms. The Morgan fingerprint density at radius 1 is 1.22 bits per heavy atom. The van der Waals surface area contributed by atoms with Crippen molar-refractivity contribution >= 4 is 21.6 Å². The van der Waals surface area contributed by atoms with E-state index in [9.17, 15) is 13.2 Å². The van der Waals surface area contributed by atoms with Crippen LogP contribution < -0.4 is 9.46 Å². The minimum Gasteiger partial charge on any atom is -0.494 e. The van der Waals surface area contributed by atoms with Crippen LogP contribution in [-0.4, -0.2) is 40.9 Å². The second-order valence-electron chi connectivity index (χ2n) is 5.82. The van der Waals surface area contributed by atoms with Crippen molar-refractivity contribution in [3.05, 3.63) is 53.5 Å². The van der Waals surface area contributed by atoms with Crippen molar-refractivity contribution in [2.24, 2.45) is 0 Å². The summed E-state index contributed by atoms with van der Waals surface area (Å²) < 4.78 is 33.9. The number of aromatic nitrogens is 4. The summed E-state index contributed by atoms with van der Waals surface area (Å²) in [7, 11) is -3.93. The zero-order chi connectivity index (χ0) is 19.6. The average molecular weight is 389 g/mol. The van der Waals surface area contributed by atoms with Gasteiger partial charge in [-0.25, -0.2) is 0 Å². The lowest BCUT2D eigenvalue weighted by molar-refractivity contribution is 0.0937. The third-order valence-corrected chi connectivity index (χ3v) is 4.98. The normalized spacial score (nSPS) is 11.4. The second-order valence-corrected chi connectivity index (χ2v) is 7.48. The van der Waals surface area contributed by atoms with Crippen LogP contribution in [0.25, 0.3) is 0 Å². The Labute approximate surface area is 156 Å². The Hall–Kier alpha value is -3.14. The van der Waals surface area contributed by atoms with E-state index in [0.717, 1.165) is 0 Å². The number of nitrogens with zero attached hydrogens (tertiary/aromatic N) is 3. The van der Waals surface area contributed by atoms with Crippen molar-refractivity contribution < 1.29 is 17.9 Å². The second kappa shape index (κ2) is 7.23. The van der Waals surface area contributed by atoms with Gasteiger partial charge in [0, 0.05) is 17.4 Å². The van der Waals surface area contributed by atoms with E-state index in [0.29, 0.717) is 29.4 Å². The molecule has 0 saturated heterocycles. The molecule has 0 saturated carbocycles. The number of aromatic amines is 1. The molecule has 3 aromatic rings. The number of hydrogen-bond acceptors (Lipinski definition) is 6.